The van der Waals surface area contributed by atoms with Gasteiger partial charge in [-0.2, -0.15) is 0 Å². The van der Waals surface area contributed by atoms with Crippen LogP contribution in [-0.4, -0.2) is 49.2 Å². The molecular formula is C21H35IN4O2. The minimum Gasteiger partial charge on any atom is -0.444 e. The number of amides is 1. The average molecular weight is 502 g/mol. The fourth-order valence-electron chi connectivity index (χ4n) is 3.10. The van der Waals surface area contributed by atoms with E-state index in [4.69, 9.17) is 4.74 Å². The first kappa shape index (κ1) is 24.5. The lowest BCUT2D eigenvalue weighted by Gasteiger charge is -2.33. The van der Waals surface area contributed by atoms with Crippen molar-refractivity contribution in [3.8, 4) is 0 Å². The monoisotopic (exact) mass is 502 g/mol. The number of carbonyl (C=O) groups excluding carboxylic acids is 1. The number of piperidine rings is 1. The lowest BCUT2D eigenvalue weighted by atomic mass is 9.97. The first-order chi connectivity index (χ1) is 12.8. The lowest BCUT2D eigenvalue weighted by molar-refractivity contribution is 0.0185. The summed E-state index contributed by atoms with van der Waals surface area (Å²) in [6.07, 6.45) is 1.74. The number of aliphatic imine (C=N–C) groups is 1. The van der Waals surface area contributed by atoms with Crippen LogP contribution in [-0.2, 0) is 11.3 Å². The van der Waals surface area contributed by atoms with Gasteiger partial charge in [-0.25, -0.2) is 4.79 Å². The molecule has 6 nitrogen and oxygen atoms in total. The van der Waals surface area contributed by atoms with E-state index >= 15 is 0 Å². The smallest absolute Gasteiger partial charge is 0.410 e. The second-order valence-electron chi connectivity index (χ2n) is 8.14. The lowest BCUT2D eigenvalue weighted by Crippen LogP contribution is -2.45. The Balaban J connectivity index is 0.00000392. The Labute approximate surface area is 186 Å². The van der Waals surface area contributed by atoms with Crippen LogP contribution < -0.4 is 10.6 Å². The van der Waals surface area contributed by atoms with Gasteiger partial charge in [0.2, 0.25) is 0 Å². The molecule has 1 aromatic rings. The summed E-state index contributed by atoms with van der Waals surface area (Å²) in [5.74, 6) is 1.34. The molecule has 2 rings (SSSR count). The number of benzene rings is 1. The summed E-state index contributed by atoms with van der Waals surface area (Å²) in [6, 6.07) is 8.35. The van der Waals surface area contributed by atoms with Gasteiger partial charge in [0, 0.05) is 33.2 Å². The molecule has 1 aliphatic rings. The highest BCUT2D eigenvalue weighted by Crippen LogP contribution is 2.19. The van der Waals surface area contributed by atoms with Crippen LogP contribution in [0.4, 0.5) is 4.79 Å². The van der Waals surface area contributed by atoms with E-state index in [1.807, 2.05) is 25.7 Å². The van der Waals surface area contributed by atoms with Crippen molar-refractivity contribution < 1.29 is 9.53 Å². The largest absolute Gasteiger partial charge is 0.444 e. The SMILES string of the molecule is CN=C(NCc1ccccc1C)NCC1CCN(C(=O)OC(C)(C)C)CC1.I. The molecule has 0 spiro atoms. The molecule has 1 aliphatic heterocycles. The number of carbonyl (C=O) groups is 1. The zero-order chi connectivity index (χ0) is 19.9. The maximum absolute atomic E-state index is 12.1. The van der Waals surface area contributed by atoms with Crippen LogP contribution in [0.3, 0.4) is 0 Å². The van der Waals surface area contributed by atoms with Crippen LogP contribution in [0.5, 0.6) is 0 Å². The molecule has 0 bridgehead atoms. The fraction of sp³-hybridized carbons (Fsp3) is 0.619. The van der Waals surface area contributed by atoms with Crippen LogP contribution in [0, 0.1) is 12.8 Å². The van der Waals surface area contributed by atoms with Gasteiger partial charge in [0.15, 0.2) is 5.96 Å². The molecule has 1 amide bonds. The summed E-state index contributed by atoms with van der Waals surface area (Å²) in [4.78, 5) is 18.3. The minimum absolute atomic E-state index is 0. The Kier molecular flexibility index (Phi) is 10.1. The predicted octanol–water partition coefficient (Wildman–Crippen LogP) is 3.93. The highest BCUT2D eigenvalue weighted by molar-refractivity contribution is 14.0. The van der Waals surface area contributed by atoms with Crippen molar-refractivity contribution in [3.05, 3.63) is 35.4 Å². The molecule has 0 unspecified atom stereocenters. The van der Waals surface area contributed by atoms with Crippen molar-refractivity contribution in [3.63, 3.8) is 0 Å². The first-order valence-electron chi connectivity index (χ1n) is 9.75. The number of nitrogens with zero attached hydrogens (tertiary/aromatic N) is 2. The number of ether oxygens (including phenoxy) is 1. The molecule has 0 radical (unpaired) electrons. The molecule has 1 aromatic carbocycles. The number of hydrogen-bond donors (Lipinski definition) is 2. The number of halogens is 1. The molecule has 28 heavy (non-hydrogen) atoms. The van der Waals surface area contributed by atoms with Crippen LogP contribution in [0.15, 0.2) is 29.3 Å². The third kappa shape index (κ3) is 8.24. The van der Waals surface area contributed by atoms with Gasteiger partial charge in [0.05, 0.1) is 0 Å². The number of nitrogens with one attached hydrogen (secondary N) is 2. The molecule has 0 atom stereocenters. The van der Waals surface area contributed by atoms with Gasteiger partial charge < -0.3 is 20.3 Å². The van der Waals surface area contributed by atoms with Crippen molar-refractivity contribution in [1.82, 2.24) is 15.5 Å². The Bertz CT molecular complexity index is 650. The van der Waals surface area contributed by atoms with Gasteiger partial charge in [-0.15, -0.1) is 24.0 Å². The normalized spacial score (nSPS) is 15.6. The second kappa shape index (κ2) is 11.5. The quantitative estimate of drug-likeness (QED) is 0.372. The highest BCUT2D eigenvalue weighted by atomic mass is 127. The molecule has 2 N–H and O–H groups in total. The van der Waals surface area contributed by atoms with E-state index in [1.165, 1.54) is 11.1 Å². The van der Waals surface area contributed by atoms with Gasteiger partial charge >= 0.3 is 6.09 Å². The Morgan fingerprint density at radius 3 is 2.43 bits per heavy atom. The van der Waals surface area contributed by atoms with Gasteiger partial charge in [0.1, 0.15) is 5.60 Å². The van der Waals surface area contributed by atoms with Crippen molar-refractivity contribution in [2.75, 3.05) is 26.7 Å². The average Bonchev–Trinajstić information content (AvgIpc) is 2.62. The molecule has 1 heterocycles. The minimum atomic E-state index is -0.440. The number of rotatable bonds is 4. The first-order valence-corrected chi connectivity index (χ1v) is 9.75. The Morgan fingerprint density at radius 1 is 1.21 bits per heavy atom. The molecule has 0 aliphatic carbocycles. The number of likely N-dealkylation sites (tertiary alicyclic amines) is 1. The molecule has 0 aromatic heterocycles. The third-order valence-corrected chi connectivity index (χ3v) is 4.76. The van der Waals surface area contributed by atoms with Crippen LogP contribution in [0.2, 0.25) is 0 Å². The van der Waals surface area contributed by atoms with Crippen LogP contribution >= 0.6 is 24.0 Å². The van der Waals surface area contributed by atoms with Crippen LogP contribution in [0.25, 0.3) is 0 Å². The van der Waals surface area contributed by atoms with Crippen LogP contribution in [0.1, 0.15) is 44.7 Å². The Morgan fingerprint density at radius 2 is 1.86 bits per heavy atom. The van der Waals surface area contributed by atoms with Gasteiger partial charge in [-0.1, -0.05) is 24.3 Å². The van der Waals surface area contributed by atoms with Crippen molar-refractivity contribution >= 4 is 36.0 Å². The summed E-state index contributed by atoms with van der Waals surface area (Å²) in [5, 5.41) is 6.79. The van der Waals surface area contributed by atoms with Gasteiger partial charge in [0.25, 0.3) is 0 Å². The predicted molar refractivity (Wildman–Crippen MR) is 125 cm³/mol. The van der Waals surface area contributed by atoms with E-state index in [0.717, 1.165) is 45.0 Å². The molecule has 158 valence electrons. The molecule has 1 saturated heterocycles. The third-order valence-electron chi connectivity index (χ3n) is 4.76. The Hall–Kier alpha value is -1.51. The standard InChI is InChI=1S/C21H34N4O2.HI/c1-16-8-6-7-9-18(16)15-24-19(22-5)23-14-17-10-12-25(13-11-17)20(26)27-21(2,3)4;/h6-9,17H,10-15H2,1-5H3,(H2,22,23,24);1H. The summed E-state index contributed by atoms with van der Waals surface area (Å²) in [6.45, 7) is 10.9. The number of guanidine groups is 1. The van der Waals surface area contributed by atoms with Crippen molar-refractivity contribution in [1.29, 1.82) is 0 Å². The fourth-order valence-corrected chi connectivity index (χ4v) is 3.10. The summed E-state index contributed by atoms with van der Waals surface area (Å²) < 4.78 is 5.45. The van der Waals surface area contributed by atoms with Crippen molar-refractivity contribution in [2.45, 2.75) is 52.7 Å². The topological polar surface area (TPSA) is 66.0 Å². The number of aryl methyl sites for hydroxylation is 1. The van der Waals surface area contributed by atoms with E-state index in [2.05, 4.69) is 46.8 Å². The van der Waals surface area contributed by atoms with Gasteiger partial charge in [-0.05, 0) is 57.6 Å². The summed E-state index contributed by atoms with van der Waals surface area (Å²) >= 11 is 0. The second-order valence-corrected chi connectivity index (χ2v) is 8.14. The zero-order valence-corrected chi connectivity index (χ0v) is 20.1. The van der Waals surface area contributed by atoms with Crippen molar-refractivity contribution in [2.24, 2.45) is 10.9 Å². The van der Waals surface area contributed by atoms with Gasteiger partial charge in [-0.3, -0.25) is 4.99 Å². The molecule has 1 fully saturated rings. The summed E-state index contributed by atoms with van der Waals surface area (Å²) in [7, 11) is 1.79. The van der Waals surface area contributed by atoms with E-state index in [9.17, 15) is 4.79 Å². The number of hydrogen-bond acceptors (Lipinski definition) is 3. The molecule has 0 saturated carbocycles. The van der Waals surface area contributed by atoms with E-state index < -0.39 is 5.60 Å². The maximum Gasteiger partial charge on any atom is 0.410 e. The maximum atomic E-state index is 12.1. The van der Waals surface area contributed by atoms with E-state index in [0.29, 0.717) is 5.92 Å². The molecule has 7 heteroatoms. The van der Waals surface area contributed by atoms with E-state index in [-0.39, 0.29) is 30.1 Å². The zero-order valence-electron chi connectivity index (χ0n) is 17.7. The van der Waals surface area contributed by atoms with E-state index in [1.54, 1.807) is 7.05 Å². The highest BCUT2D eigenvalue weighted by Gasteiger charge is 2.26. The summed E-state index contributed by atoms with van der Waals surface area (Å²) in [5.41, 5.74) is 2.10. The molecular weight excluding hydrogens is 467 g/mol.